The highest BCUT2D eigenvalue weighted by Crippen LogP contribution is 2.61. The summed E-state index contributed by atoms with van der Waals surface area (Å²) in [6, 6.07) is 0. The van der Waals surface area contributed by atoms with Crippen LogP contribution in [0.25, 0.3) is 0 Å². The van der Waals surface area contributed by atoms with Gasteiger partial charge in [-0.1, -0.05) is 15.9 Å². The van der Waals surface area contributed by atoms with Gasteiger partial charge >= 0.3 is 0 Å². The first-order chi connectivity index (χ1) is 6.73. The van der Waals surface area contributed by atoms with Crippen LogP contribution in [0.3, 0.4) is 0 Å². The van der Waals surface area contributed by atoms with Gasteiger partial charge in [-0.15, -0.1) is 12.4 Å². The molecule has 0 heterocycles. The molecule has 4 aliphatic rings. The van der Waals surface area contributed by atoms with E-state index in [-0.39, 0.29) is 12.4 Å². The molecule has 0 aliphatic heterocycles. The fraction of sp³-hybridized carbons (Fsp3) is 1.00. The third kappa shape index (κ3) is 1.77. The molecule has 4 saturated carbocycles. The molecule has 4 bridgehead atoms. The van der Waals surface area contributed by atoms with Crippen LogP contribution < -0.4 is 5.32 Å². The van der Waals surface area contributed by atoms with Crippen molar-refractivity contribution < 1.29 is 0 Å². The summed E-state index contributed by atoms with van der Waals surface area (Å²) >= 11 is 4.00. The first-order valence-corrected chi connectivity index (χ1v) is 6.94. The van der Waals surface area contributed by atoms with Crippen LogP contribution in [0.1, 0.15) is 32.1 Å². The Morgan fingerprint density at radius 1 is 1.20 bits per heavy atom. The van der Waals surface area contributed by atoms with Gasteiger partial charge < -0.3 is 5.32 Å². The van der Waals surface area contributed by atoms with Crippen LogP contribution in [-0.2, 0) is 0 Å². The van der Waals surface area contributed by atoms with Gasteiger partial charge in [0.2, 0.25) is 0 Å². The summed E-state index contributed by atoms with van der Waals surface area (Å²) in [5.41, 5.74) is 0.615. The van der Waals surface area contributed by atoms with E-state index in [1.807, 2.05) is 0 Å². The lowest BCUT2D eigenvalue weighted by molar-refractivity contribution is -0.0406. The van der Waals surface area contributed by atoms with Crippen LogP contribution >= 0.6 is 28.3 Å². The Morgan fingerprint density at radius 2 is 1.80 bits per heavy atom. The van der Waals surface area contributed by atoms with E-state index in [9.17, 15) is 0 Å². The molecule has 3 unspecified atom stereocenters. The standard InChI is InChI=1S/C12H20BrN.ClH/c1-14-7-12-5-8-2-9(6-12)4-10(3-8)11(12)13;/h8-11,14H,2-7H2,1H3;1H. The van der Waals surface area contributed by atoms with E-state index in [1.165, 1.54) is 32.2 Å². The van der Waals surface area contributed by atoms with E-state index in [1.54, 1.807) is 6.42 Å². The molecule has 1 nitrogen and oxygen atoms in total. The maximum Gasteiger partial charge on any atom is 0.0243 e. The summed E-state index contributed by atoms with van der Waals surface area (Å²) < 4.78 is 0. The lowest BCUT2D eigenvalue weighted by atomic mass is 9.49. The van der Waals surface area contributed by atoms with E-state index in [0.717, 1.165) is 22.6 Å². The summed E-state index contributed by atoms with van der Waals surface area (Å²) in [4.78, 5) is 0.801. The van der Waals surface area contributed by atoms with Gasteiger partial charge in [0.05, 0.1) is 0 Å². The molecule has 0 spiro atoms. The third-order valence-corrected chi connectivity index (χ3v) is 6.58. The van der Waals surface area contributed by atoms with Crippen molar-refractivity contribution in [3.05, 3.63) is 0 Å². The van der Waals surface area contributed by atoms with Gasteiger partial charge in [-0.05, 0) is 62.3 Å². The number of nitrogens with one attached hydrogen (secondary N) is 1. The van der Waals surface area contributed by atoms with Gasteiger partial charge in [0.1, 0.15) is 0 Å². The fourth-order valence-corrected chi connectivity index (χ4v) is 5.71. The van der Waals surface area contributed by atoms with E-state index < -0.39 is 0 Å². The van der Waals surface area contributed by atoms with Gasteiger partial charge in [0.25, 0.3) is 0 Å². The Labute approximate surface area is 107 Å². The predicted molar refractivity (Wildman–Crippen MR) is 69.9 cm³/mol. The number of rotatable bonds is 2. The molecule has 4 aliphatic carbocycles. The second-order valence-corrected chi connectivity index (χ2v) is 6.89. The lowest BCUT2D eigenvalue weighted by Gasteiger charge is -2.59. The molecule has 4 fully saturated rings. The number of halogens is 2. The van der Waals surface area contributed by atoms with Gasteiger partial charge in [-0.3, -0.25) is 0 Å². The normalized spacial score (nSPS) is 51.6. The van der Waals surface area contributed by atoms with Crippen LogP contribution in [0.5, 0.6) is 0 Å². The van der Waals surface area contributed by atoms with Crippen molar-refractivity contribution in [1.82, 2.24) is 5.32 Å². The number of alkyl halides is 1. The molecule has 4 rings (SSSR count). The molecular weight excluding hydrogens is 273 g/mol. The summed E-state index contributed by atoms with van der Waals surface area (Å²) in [7, 11) is 2.11. The van der Waals surface area contributed by atoms with E-state index in [4.69, 9.17) is 0 Å². The minimum absolute atomic E-state index is 0. The van der Waals surface area contributed by atoms with Gasteiger partial charge in [-0.2, -0.15) is 0 Å². The zero-order valence-electron chi connectivity index (χ0n) is 9.34. The van der Waals surface area contributed by atoms with Crippen molar-refractivity contribution in [2.75, 3.05) is 13.6 Å². The Kier molecular flexibility index (Phi) is 3.41. The summed E-state index contributed by atoms with van der Waals surface area (Å²) in [6.45, 7) is 1.23. The van der Waals surface area contributed by atoms with Crippen molar-refractivity contribution in [3.63, 3.8) is 0 Å². The minimum Gasteiger partial charge on any atom is -0.319 e. The van der Waals surface area contributed by atoms with Crippen LogP contribution in [0, 0.1) is 23.2 Å². The predicted octanol–water partition coefficient (Wildman–Crippen LogP) is 3.22. The number of hydrogen-bond donors (Lipinski definition) is 1. The van der Waals surface area contributed by atoms with Crippen LogP contribution in [-0.4, -0.2) is 18.4 Å². The molecule has 88 valence electrons. The van der Waals surface area contributed by atoms with Gasteiger partial charge in [0, 0.05) is 11.4 Å². The van der Waals surface area contributed by atoms with Crippen LogP contribution in [0.15, 0.2) is 0 Å². The Bertz CT molecular complexity index is 232. The third-order valence-electron chi connectivity index (χ3n) is 4.86. The Hall–Kier alpha value is 0.730. The maximum absolute atomic E-state index is 4.00. The highest BCUT2D eigenvalue weighted by molar-refractivity contribution is 9.09. The molecule has 0 aromatic heterocycles. The molecule has 15 heavy (non-hydrogen) atoms. The average molecular weight is 295 g/mol. The van der Waals surface area contributed by atoms with Crippen molar-refractivity contribution in [2.45, 2.75) is 36.9 Å². The molecule has 0 saturated heterocycles. The van der Waals surface area contributed by atoms with Crippen LogP contribution in [0.4, 0.5) is 0 Å². The van der Waals surface area contributed by atoms with E-state index in [0.29, 0.717) is 5.41 Å². The molecule has 0 radical (unpaired) electrons. The average Bonchev–Trinajstić information content (AvgIpc) is 2.13. The summed E-state index contributed by atoms with van der Waals surface area (Å²) in [6.07, 6.45) is 7.53. The second-order valence-electron chi connectivity index (χ2n) is 5.90. The quantitative estimate of drug-likeness (QED) is 0.771. The van der Waals surface area contributed by atoms with Crippen LogP contribution in [0.2, 0.25) is 0 Å². The fourth-order valence-electron chi connectivity index (χ4n) is 4.74. The first kappa shape index (κ1) is 12.2. The lowest BCUT2D eigenvalue weighted by Crippen LogP contribution is -2.56. The second kappa shape index (κ2) is 4.19. The van der Waals surface area contributed by atoms with E-state index >= 15 is 0 Å². The zero-order valence-corrected chi connectivity index (χ0v) is 11.7. The Morgan fingerprint density at radius 3 is 2.33 bits per heavy atom. The van der Waals surface area contributed by atoms with Crippen molar-refractivity contribution in [2.24, 2.45) is 23.2 Å². The molecule has 0 amide bonds. The minimum atomic E-state index is 0. The summed E-state index contributed by atoms with van der Waals surface area (Å²) in [5.74, 6) is 3.12. The zero-order chi connectivity index (χ0) is 9.76. The number of hydrogen-bond acceptors (Lipinski definition) is 1. The molecular formula is C12H21BrClN. The summed E-state index contributed by atoms with van der Waals surface area (Å²) in [5, 5.41) is 3.43. The topological polar surface area (TPSA) is 12.0 Å². The van der Waals surface area contributed by atoms with Gasteiger partial charge in [0.15, 0.2) is 0 Å². The van der Waals surface area contributed by atoms with Crippen molar-refractivity contribution >= 4 is 28.3 Å². The molecule has 1 N–H and O–H groups in total. The highest BCUT2D eigenvalue weighted by atomic mass is 79.9. The smallest absolute Gasteiger partial charge is 0.0243 e. The highest BCUT2D eigenvalue weighted by Gasteiger charge is 2.55. The SMILES string of the molecule is CNCC12CC3CC(CC(C3)C1Br)C2.Cl. The van der Waals surface area contributed by atoms with E-state index in [2.05, 4.69) is 28.3 Å². The van der Waals surface area contributed by atoms with Gasteiger partial charge in [-0.25, -0.2) is 0 Å². The Balaban J connectivity index is 0.000000853. The first-order valence-electron chi connectivity index (χ1n) is 6.02. The maximum atomic E-state index is 4.00. The molecule has 0 aromatic rings. The monoisotopic (exact) mass is 293 g/mol. The molecule has 3 atom stereocenters. The van der Waals surface area contributed by atoms with Crippen molar-refractivity contribution in [3.8, 4) is 0 Å². The van der Waals surface area contributed by atoms with Crippen molar-refractivity contribution in [1.29, 1.82) is 0 Å². The molecule has 3 heteroatoms. The molecule has 0 aromatic carbocycles. The largest absolute Gasteiger partial charge is 0.319 e.